The third kappa shape index (κ3) is 4.60. The second-order valence-electron chi connectivity index (χ2n) is 4.51. The van der Waals surface area contributed by atoms with E-state index in [2.05, 4.69) is 10.6 Å². The van der Waals surface area contributed by atoms with Crippen LogP contribution in [0.3, 0.4) is 0 Å². The van der Waals surface area contributed by atoms with Crippen molar-refractivity contribution in [2.75, 3.05) is 0 Å². The van der Waals surface area contributed by atoms with Gasteiger partial charge in [-0.1, -0.05) is 19.3 Å². The maximum Gasteiger partial charge on any atom is 0.328 e. The van der Waals surface area contributed by atoms with Gasteiger partial charge in [-0.25, -0.2) is 9.59 Å². The van der Waals surface area contributed by atoms with Crippen LogP contribution in [0.15, 0.2) is 0 Å². The summed E-state index contributed by atoms with van der Waals surface area (Å²) in [5.74, 6) is -1.24. The molecule has 0 heterocycles. The van der Waals surface area contributed by atoms with Crippen LogP contribution in [0.2, 0.25) is 0 Å². The first-order chi connectivity index (χ1) is 8.00. The molecule has 0 spiro atoms. The Labute approximate surface area is 100 Å². The van der Waals surface area contributed by atoms with Crippen LogP contribution in [0.25, 0.3) is 0 Å². The lowest BCUT2D eigenvalue weighted by Gasteiger charge is -2.24. The topological polar surface area (TPSA) is 98.7 Å². The predicted octanol–water partition coefficient (Wildman–Crippen LogP) is 0.452. The molecule has 1 aliphatic carbocycles. The van der Waals surface area contributed by atoms with E-state index in [0.717, 1.165) is 25.7 Å². The molecular weight excluding hydrogens is 224 g/mol. The van der Waals surface area contributed by atoms with E-state index >= 15 is 0 Å². The van der Waals surface area contributed by atoms with Crippen molar-refractivity contribution < 1.29 is 19.8 Å². The molecule has 6 nitrogen and oxygen atoms in total. The van der Waals surface area contributed by atoms with E-state index in [4.69, 9.17) is 5.11 Å². The molecule has 1 saturated carbocycles. The normalized spacial score (nSPS) is 20.4. The summed E-state index contributed by atoms with van der Waals surface area (Å²) in [7, 11) is 0. The van der Waals surface area contributed by atoms with E-state index in [0.29, 0.717) is 0 Å². The molecule has 6 heteroatoms. The molecule has 98 valence electrons. The van der Waals surface area contributed by atoms with Crippen LogP contribution in [-0.4, -0.2) is 40.4 Å². The van der Waals surface area contributed by atoms with Crippen molar-refractivity contribution in [1.29, 1.82) is 0 Å². The first-order valence-electron chi connectivity index (χ1n) is 5.98. The maximum atomic E-state index is 11.5. The second-order valence-corrected chi connectivity index (χ2v) is 4.51. The highest BCUT2D eigenvalue weighted by atomic mass is 16.4. The van der Waals surface area contributed by atoms with Gasteiger partial charge in [-0.05, 0) is 19.8 Å². The lowest BCUT2D eigenvalue weighted by atomic mass is 9.96. The summed E-state index contributed by atoms with van der Waals surface area (Å²) in [4.78, 5) is 22.3. The van der Waals surface area contributed by atoms with Crippen molar-refractivity contribution in [3.05, 3.63) is 0 Å². The zero-order valence-corrected chi connectivity index (χ0v) is 9.98. The van der Waals surface area contributed by atoms with Gasteiger partial charge in [0.25, 0.3) is 0 Å². The van der Waals surface area contributed by atoms with Gasteiger partial charge in [0, 0.05) is 6.04 Å². The third-order valence-corrected chi connectivity index (χ3v) is 2.98. The quantitative estimate of drug-likeness (QED) is 0.577. The molecule has 4 N–H and O–H groups in total. The van der Waals surface area contributed by atoms with Gasteiger partial charge in [0.1, 0.15) is 0 Å². The van der Waals surface area contributed by atoms with Crippen LogP contribution in [0.5, 0.6) is 0 Å². The third-order valence-electron chi connectivity index (χ3n) is 2.98. The Balaban J connectivity index is 2.38. The average molecular weight is 244 g/mol. The lowest BCUT2D eigenvalue weighted by molar-refractivity contribution is -0.141. The fourth-order valence-electron chi connectivity index (χ4n) is 2.00. The van der Waals surface area contributed by atoms with Crippen LogP contribution >= 0.6 is 0 Å². The minimum absolute atomic E-state index is 0.118. The van der Waals surface area contributed by atoms with Crippen molar-refractivity contribution in [1.82, 2.24) is 10.6 Å². The zero-order chi connectivity index (χ0) is 12.8. The highest BCUT2D eigenvalue weighted by Crippen LogP contribution is 2.17. The molecule has 2 atom stereocenters. The van der Waals surface area contributed by atoms with Crippen molar-refractivity contribution in [2.45, 2.75) is 57.2 Å². The summed E-state index contributed by atoms with van der Waals surface area (Å²) in [5.41, 5.74) is 0. The van der Waals surface area contributed by atoms with Crippen LogP contribution in [0, 0.1) is 0 Å². The molecule has 1 fully saturated rings. The van der Waals surface area contributed by atoms with Crippen LogP contribution < -0.4 is 10.6 Å². The Morgan fingerprint density at radius 3 is 2.29 bits per heavy atom. The monoisotopic (exact) mass is 244 g/mol. The SMILES string of the molecule is C[C@@H](O)[C@H](NC(=O)NC1CCCCC1)C(=O)O. The molecule has 0 radical (unpaired) electrons. The fraction of sp³-hybridized carbons (Fsp3) is 0.818. The van der Waals surface area contributed by atoms with Gasteiger partial charge in [-0.15, -0.1) is 0 Å². The fourth-order valence-corrected chi connectivity index (χ4v) is 2.00. The molecule has 0 saturated heterocycles. The number of carboxylic acids is 1. The number of urea groups is 1. The first kappa shape index (κ1) is 13.8. The van der Waals surface area contributed by atoms with Crippen molar-refractivity contribution >= 4 is 12.0 Å². The van der Waals surface area contributed by atoms with Gasteiger partial charge >= 0.3 is 12.0 Å². The minimum atomic E-state index is -1.27. The summed E-state index contributed by atoms with van der Waals surface area (Å²) in [5, 5.41) is 23.0. The van der Waals surface area contributed by atoms with E-state index in [1.807, 2.05) is 0 Å². The van der Waals surface area contributed by atoms with E-state index in [-0.39, 0.29) is 6.04 Å². The lowest BCUT2D eigenvalue weighted by Crippen LogP contribution is -2.53. The highest BCUT2D eigenvalue weighted by Gasteiger charge is 2.26. The van der Waals surface area contributed by atoms with Gasteiger partial charge < -0.3 is 20.8 Å². The number of carbonyl (C=O) groups is 2. The van der Waals surface area contributed by atoms with Gasteiger partial charge in [0.2, 0.25) is 0 Å². The largest absolute Gasteiger partial charge is 0.480 e. The molecular formula is C11H20N2O4. The molecule has 1 rings (SSSR count). The van der Waals surface area contributed by atoms with E-state index in [1.165, 1.54) is 13.3 Å². The molecule has 1 aliphatic rings. The van der Waals surface area contributed by atoms with E-state index in [1.54, 1.807) is 0 Å². The standard InChI is InChI=1S/C11H20N2O4/c1-7(14)9(10(15)16)13-11(17)12-8-5-3-2-4-6-8/h7-9,14H,2-6H2,1H3,(H,15,16)(H2,12,13,17)/t7-,9+/m1/s1. The number of aliphatic hydroxyl groups excluding tert-OH is 1. The van der Waals surface area contributed by atoms with Crippen LogP contribution in [0.1, 0.15) is 39.0 Å². The van der Waals surface area contributed by atoms with E-state index < -0.39 is 24.1 Å². The summed E-state index contributed by atoms with van der Waals surface area (Å²) >= 11 is 0. The number of aliphatic carboxylic acids is 1. The molecule has 0 aromatic carbocycles. The van der Waals surface area contributed by atoms with Gasteiger partial charge in [0.05, 0.1) is 6.10 Å². The number of hydrogen-bond donors (Lipinski definition) is 4. The Kier molecular flexibility index (Phi) is 5.21. The Morgan fingerprint density at radius 1 is 1.24 bits per heavy atom. The summed E-state index contributed by atoms with van der Waals surface area (Å²) in [6.07, 6.45) is 4.10. The Hall–Kier alpha value is -1.30. The number of rotatable bonds is 4. The molecule has 0 aliphatic heterocycles. The molecule has 0 aromatic heterocycles. The number of nitrogens with one attached hydrogen (secondary N) is 2. The van der Waals surface area contributed by atoms with Crippen molar-refractivity contribution in [3.63, 3.8) is 0 Å². The van der Waals surface area contributed by atoms with Crippen LogP contribution in [-0.2, 0) is 4.79 Å². The highest BCUT2D eigenvalue weighted by molar-refractivity contribution is 5.83. The number of carboxylic acid groups (broad SMARTS) is 1. The van der Waals surface area contributed by atoms with Crippen molar-refractivity contribution in [2.24, 2.45) is 0 Å². The maximum absolute atomic E-state index is 11.5. The van der Waals surface area contributed by atoms with Gasteiger partial charge in [-0.3, -0.25) is 0 Å². The second kappa shape index (κ2) is 6.44. The molecule has 2 amide bonds. The average Bonchev–Trinajstić information content (AvgIpc) is 2.26. The summed E-state index contributed by atoms with van der Waals surface area (Å²) in [6.45, 7) is 1.33. The summed E-state index contributed by atoms with van der Waals surface area (Å²) in [6, 6.07) is -1.67. The molecule has 0 aromatic rings. The number of hydrogen-bond acceptors (Lipinski definition) is 3. The first-order valence-corrected chi connectivity index (χ1v) is 5.98. The van der Waals surface area contributed by atoms with Gasteiger partial charge in [0.15, 0.2) is 6.04 Å². The zero-order valence-electron chi connectivity index (χ0n) is 9.98. The summed E-state index contributed by atoms with van der Waals surface area (Å²) < 4.78 is 0. The van der Waals surface area contributed by atoms with Crippen LogP contribution in [0.4, 0.5) is 4.79 Å². The van der Waals surface area contributed by atoms with Gasteiger partial charge in [-0.2, -0.15) is 0 Å². The predicted molar refractivity (Wildman–Crippen MR) is 61.6 cm³/mol. The smallest absolute Gasteiger partial charge is 0.328 e. The molecule has 0 unspecified atom stereocenters. The number of aliphatic hydroxyl groups is 1. The number of amides is 2. The van der Waals surface area contributed by atoms with E-state index in [9.17, 15) is 14.7 Å². The molecule has 0 bridgehead atoms. The Morgan fingerprint density at radius 2 is 1.82 bits per heavy atom. The van der Waals surface area contributed by atoms with Crippen molar-refractivity contribution in [3.8, 4) is 0 Å². The Bertz CT molecular complexity index is 275. The molecule has 17 heavy (non-hydrogen) atoms. The minimum Gasteiger partial charge on any atom is -0.480 e. The number of carbonyl (C=O) groups excluding carboxylic acids is 1.